The van der Waals surface area contributed by atoms with Crippen LogP contribution in [0.1, 0.15) is 44.6 Å². The Morgan fingerprint density at radius 2 is 1.46 bits per heavy atom. The van der Waals surface area contributed by atoms with E-state index in [1.807, 2.05) is 6.07 Å². The standard InChI is InChI=1S/C21H28O4S/c1-2-18-26(22,23)25-21-15-13-20(14-16-21)24-17-9-4-3-6-10-19-11-7-5-8-12-19/h5,7-8,11-16H,2-4,6,9-10,17-18H2,1H3. The fourth-order valence-corrected chi connectivity index (χ4v) is 3.64. The molecule has 0 radical (unpaired) electrons. The molecule has 0 aromatic heterocycles. The summed E-state index contributed by atoms with van der Waals surface area (Å²) in [6, 6.07) is 17.3. The first-order valence-electron chi connectivity index (χ1n) is 9.28. The monoisotopic (exact) mass is 376 g/mol. The smallest absolute Gasteiger partial charge is 0.309 e. The van der Waals surface area contributed by atoms with Crippen LogP contribution in [-0.2, 0) is 16.5 Å². The molecular weight excluding hydrogens is 348 g/mol. The van der Waals surface area contributed by atoms with E-state index in [1.165, 1.54) is 18.4 Å². The van der Waals surface area contributed by atoms with Gasteiger partial charge in [0.2, 0.25) is 0 Å². The molecule has 0 amide bonds. The zero-order chi connectivity index (χ0) is 18.7. The highest BCUT2D eigenvalue weighted by atomic mass is 32.2. The Hall–Kier alpha value is -2.01. The molecule has 0 aliphatic carbocycles. The highest BCUT2D eigenvalue weighted by Crippen LogP contribution is 2.19. The van der Waals surface area contributed by atoms with Gasteiger partial charge in [-0.25, -0.2) is 0 Å². The summed E-state index contributed by atoms with van der Waals surface area (Å²) in [5, 5.41) is 0. The molecule has 2 aromatic rings. The summed E-state index contributed by atoms with van der Waals surface area (Å²) in [5.74, 6) is 1.08. The molecule has 0 N–H and O–H groups in total. The Morgan fingerprint density at radius 1 is 0.808 bits per heavy atom. The first-order chi connectivity index (χ1) is 12.6. The maximum atomic E-state index is 11.6. The van der Waals surface area contributed by atoms with Crippen molar-refractivity contribution < 1.29 is 17.3 Å². The average Bonchev–Trinajstić information content (AvgIpc) is 2.63. The van der Waals surface area contributed by atoms with Crippen LogP contribution in [-0.4, -0.2) is 20.8 Å². The van der Waals surface area contributed by atoms with E-state index in [4.69, 9.17) is 8.92 Å². The van der Waals surface area contributed by atoms with Gasteiger partial charge in [-0.1, -0.05) is 50.1 Å². The van der Waals surface area contributed by atoms with Crippen molar-refractivity contribution in [2.45, 2.75) is 45.4 Å². The molecule has 0 fully saturated rings. The molecule has 0 unspecified atom stereocenters. The number of unbranched alkanes of at least 4 members (excludes halogenated alkanes) is 3. The predicted octanol–water partition coefficient (Wildman–Crippen LogP) is 4.99. The van der Waals surface area contributed by atoms with Crippen molar-refractivity contribution in [3.63, 3.8) is 0 Å². The summed E-state index contributed by atoms with van der Waals surface area (Å²) in [4.78, 5) is 0. The molecule has 0 saturated heterocycles. The molecule has 0 spiro atoms. The zero-order valence-corrected chi connectivity index (χ0v) is 16.2. The normalized spacial score (nSPS) is 11.3. The molecule has 2 rings (SSSR count). The molecule has 2 aromatic carbocycles. The molecule has 0 bridgehead atoms. The third kappa shape index (κ3) is 7.91. The number of hydrogen-bond acceptors (Lipinski definition) is 4. The molecule has 4 nitrogen and oxygen atoms in total. The van der Waals surface area contributed by atoms with Crippen LogP contribution in [0, 0.1) is 0 Å². The van der Waals surface area contributed by atoms with Gasteiger partial charge >= 0.3 is 10.1 Å². The molecule has 0 aliphatic heterocycles. The summed E-state index contributed by atoms with van der Waals surface area (Å²) >= 11 is 0. The van der Waals surface area contributed by atoms with Crippen LogP contribution in [0.3, 0.4) is 0 Å². The summed E-state index contributed by atoms with van der Waals surface area (Å²) in [6.07, 6.45) is 6.21. The van der Waals surface area contributed by atoms with Crippen molar-refractivity contribution in [1.29, 1.82) is 0 Å². The van der Waals surface area contributed by atoms with Crippen molar-refractivity contribution in [3.05, 3.63) is 60.2 Å². The van der Waals surface area contributed by atoms with Crippen LogP contribution >= 0.6 is 0 Å². The Bertz CT molecular complexity index is 724. The van der Waals surface area contributed by atoms with Crippen LogP contribution in [0.2, 0.25) is 0 Å². The van der Waals surface area contributed by atoms with Crippen molar-refractivity contribution in [2.75, 3.05) is 12.4 Å². The Labute approximate surface area is 157 Å². The minimum Gasteiger partial charge on any atom is -0.494 e. The number of aryl methyl sites for hydroxylation is 1. The first-order valence-corrected chi connectivity index (χ1v) is 10.9. The third-order valence-corrected chi connectivity index (χ3v) is 5.33. The van der Waals surface area contributed by atoms with E-state index >= 15 is 0 Å². The highest BCUT2D eigenvalue weighted by molar-refractivity contribution is 7.87. The molecule has 26 heavy (non-hydrogen) atoms. The average molecular weight is 377 g/mol. The van der Waals surface area contributed by atoms with Crippen LogP contribution in [0.25, 0.3) is 0 Å². The quantitative estimate of drug-likeness (QED) is 0.387. The molecule has 0 aliphatic rings. The zero-order valence-electron chi connectivity index (χ0n) is 15.4. The van der Waals surface area contributed by atoms with E-state index in [-0.39, 0.29) is 5.75 Å². The lowest BCUT2D eigenvalue weighted by atomic mass is 10.1. The maximum Gasteiger partial charge on any atom is 0.309 e. The van der Waals surface area contributed by atoms with Gasteiger partial charge in [0.1, 0.15) is 11.5 Å². The number of ether oxygens (including phenoxy) is 1. The maximum absolute atomic E-state index is 11.6. The minimum absolute atomic E-state index is 0.0233. The molecule has 0 saturated carbocycles. The first kappa shape index (κ1) is 20.3. The number of rotatable bonds is 12. The van der Waals surface area contributed by atoms with Gasteiger partial charge in [0.25, 0.3) is 0 Å². The van der Waals surface area contributed by atoms with E-state index in [1.54, 1.807) is 31.2 Å². The third-order valence-electron chi connectivity index (χ3n) is 3.97. The molecule has 142 valence electrons. The lowest BCUT2D eigenvalue weighted by molar-refractivity contribution is 0.304. The largest absolute Gasteiger partial charge is 0.494 e. The van der Waals surface area contributed by atoms with Gasteiger partial charge in [-0.2, -0.15) is 8.42 Å². The van der Waals surface area contributed by atoms with Gasteiger partial charge in [0.05, 0.1) is 12.4 Å². The van der Waals surface area contributed by atoms with Crippen LogP contribution < -0.4 is 8.92 Å². The number of hydrogen-bond donors (Lipinski definition) is 0. The topological polar surface area (TPSA) is 52.6 Å². The van der Waals surface area contributed by atoms with Gasteiger partial charge < -0.3 is 8.92 Å². The Morgan fingerprint density at radius 3 is 2.15 bits per heavy atom. The molecule has 0 heterocycles. The highest BCUT2D eigenvalue weighted by Gasteiger charge is 2.10. The minimum atomic E-state index is -3.49. The van der Waals surface area contributed by atoms with Gasteiger partial charge in [0.15, 0.2) is 0 Å². The molecule has 0 atom stereocenters. The van der Waals surface area contributed by atoms with Gasteiger partial charge in [-0.15, -0.1) is 0 Å². The van der Waals surface area contributed by atoms with Gasteiger partial charge in [-0.05, 0) is 55.5 Å². The summed E-state index contributed by atoms with van der Waals surface area (Å²) < 4.78 is 34.0. The predicted molar refractivity (Wildman–Crippen MR) is 105 cm³/mol. The van der Waals surface area contributed by atoms with Crippen molar-refractivity contribution in [2.24, 2.45) is 0 Å². The number of benzene rings is 2. The summed E-state index contributed by atoms with van der Waals surface area (Å²) in [7, 11) is -3.49. The second-order valence-corrected chi connectivity index (χ2v) is 8.01. The van der Waals surface area contributed by atoms with Crippen molar-refractivity contribution in [1.82, 2.24) is 0 Å². The molecular formula is C21H28O4S. The Kier molecular flexibility index (Phi) is 8.48. The lowest BCUT2D eigenvalue weighted by Crippen LogP contribution is -2.12. The summed E-state index contributed by atoms with van der Waals surface area (Å²) in [5.41, 5.74) is 1.40. The summed E-state index contributed by atoms with van der Waals surface area (Å²) in [6.45, 7) is 2.47. The van der Waals surface area contributed by atoms with Crippen LogP contribution in [0.15, 0.2) is 54.6 Å². The second kappa shape index (κ2) is 10.9. The van der Waals surface area contributed by atoms with Crippen LogP contribution in [0.4, 0.5) is 0 Å². The van der Waals surface area contributed by atoms with Crippen LogP contribution in [0.5, 0.6) is 11.5 Å². The van der Waals surface area contributed by atoms with Gasteiger partial charge in [-0.3, -0.25) is 0 Å². The Balaban J connectivity index is 1.59. The van der Waals surface area contributed by atoms with E-state index < -0.39 is 10.1 Å². The second-order valence-electron chi connectivity index (χ2n) is 6.31. The van der Waals surface area contributed by atoms with E-state index in [0.29, 0.717) is 18.8 Å². The SMILES string of the molecule is CCCS(=O)(=O)Oc1ccc(OCCCCCCc2ccccc2)cc1. The van der Waals surface area contributed by atoms with E-state index in [0.717, 1.165) is 25.0 Å². The lowest BCUT2D eigenvalue weighted by Gasteiger charge is -2.08. The molecule has 5 heteroatoms. The van der Waals surface area contributed by atoms with Crippen molar-refractivity contribution in [3.8, 4) is 11.5 Å². The fourth-order valence-electron chi connectivity index (χ4n) is 2.65. The van der Waals surface area contributed by atoms with E-state index in [9.17, 15) is 8.42 Å². The van der Waals surface area contributed by atoms with E-state index in [2.05, 4.69) is 24.3 Å². The fraction of sp³-hybridized carbons (Fsp3) is 0.429. The van der Waals surface area contributed by atoms with Crippen molar-refractivity contribution >= 4 is 10.1 Å². The van der Waals surface area contributed by atoms with Gasteiger partial charge in [0, 0.05) is 0 Å².